The van der Waals surface area contributed by atoms with Crippen molar-refractivity contribution in [1.82, 2.24) is 14.8 Å². The average Bonchev–Trinajstić information content (AvgIpc) is 3.07. The molecule has 2 amide bonds. The van der Waals surface area contributed by atoms with Crippen LogP contribution in [0.25, 0.3) is 17.0 Å². The van der Waals surface area contributed by atoms with E-state index >= 15 is 0 Å². The van der Waals surface area contributed by atoms with Crippen molar-refractivity contribution in [2.45, 2.75) is 6.54 Å². The molecule has 3 aromatic rings. The highest BCUT2D eigenvalue weighted by Crippen LogP contribution is 2.28. The maximum atomic E-state index is 13.8. The van der Waals surface area contributed by atoms with Gasteiger partial charge in [0.05, 0.1) is 6.54 Å². The second-order valence-corrected chi connectivity index (χ2v) is 8.20. The van der Waals surface area contributed by atoms with Crippen LogP contribution < -0.4 is 10.1 Å². The molecule has 2 heterocycles. The van der Waals surface area contributed by atoms with Crippen LogP contribution in [-0.2, 0) is 16.1 Å². The Kier molecular flexibility index (Phi) is 5.88. The molecule has 1 fully saturated rings. The molecule has 1 aromatic heterocycles. The monoisotopic (exact) mass is 501 g/mol. The fourth-order valence-corrected chi connectivity index (χ4v) is 3.85. The van der Waals surface area contributed by atoms with E-state index in [4.69, 9.17) is 17.0 Å². The van der Waals surface area contributed by atoms with E-state index in [1.54, 1.807) is 24.3 Å². The topological polar surface area (TPSA) is 63.6 Å². The Labute approximate surface area is 191 Å². The summed E-state index contributed by atoms with van der Waals surface area (Å²) in [6.45, 7) is 0.687. The van der Waals surface area contributed by atoms with E-state index in [1.807, 2.05) is 29.0 Å². The fourth-order valence-electron chi connectivity index (χ4n) is 3.31. The first kappa shape index (κ1) is 21.2. The normalized spacial score (nSPS) is 15.6. The smallest absolute Gasteiger partial charge is 0.265 e. The van der Waals surface area contributed by atoms with Crippen molar-refractivity contribution >= 4 is 62.1 Å². The van der Waals surface area contributed by atoms with Crippen molar-refractivity contribution in [3.8, 4) is 5.75 Å². The molecular weight excluding hydrogens is 485 g/mol. The van der Waals surface area contributed by atoms with Crippen LogP contribution in [0.2, 0.25) is 0 Å². The minimum atomic E-state index is -0.535. The van der Waals surface area contributed by atoms with Crippen LogP contribution in [0.1, 0.15) is 5.56 Å². The number of carbonyl (C=O) groups is 2. The van der Waals surface area contributed by atoms with E-state index in [1.165, 1.54) is 18.0 Å². The quantitative estimate of drug-likeness (QED) is 0.327. The Balaban J connectivity index is 1.66. The Morgan fingerprint density at radius 2 is 2.00 bits per heavy atom. The molecule has 1 aliphatic rings. The lowest BCUT2D eigenvalue weighted by Gasteiger charge is -2.24. The minimum absolute atomic E-state index is 0.00210. The van der Waals surface area contributed by atoms with E-state index < -0.39 is 17.6 Å². The van der Waals surface area contributed by atoms with Crippen LogP contribution >= 0.6 is 28.1 Å². The Bertz CT molecular complexity index is 1250. The van der Waals surface area contributed by atoms with Crippen LogP contribution in [0.3, 0.4) is 0 Å². The SMILES string of the molecule is CN1C(=O)/C(=C\c2cn(CCOc3ccccc3F)c3ccc(Br)cc23)C(=O)NC1=S. The summed E-state index contributed by atoms with van der Waals surface area (Å²) in [7, 11) is 1.51. The zero-order chi connectivity index (χ0) is 22.1. The van der Waals surface area contributed by atoms with Crippen molar-refractivity contribution < 1.29 is 18.7 Å². The molecule has 6 nitrogen and oxygen atoms in total. The van der Waals surface area contributed by atoms with Gasteiger partial charge in [0, 0.05) is 34.2 Å². The molecule has 0 aliphatic carbocycles. The van der Waals surface area contributed by atoms with Crippen LogP contribution in [0.4, 0.5) is 4.39 Å². The highest BCUT2D eigenvalue weighted by Gasteiger charge is 2.31. The van der Waals surface area contributed by atoms with Gasteiger partial charge in [-0.05, 0) is 48.6 Å². The van der Waals surface area contributed by atoms with Gasteiger partial charge in [-0.1, -0.05) is 28.1 Å². The summed E-state index contributed by atoms with van der Waals surface area (Å²) in [5.41, 5.74) is 1.58. The molecule has 4 rings (SSSR count). The molecule has 0 unspecified atom stereocenters. The Hall–Kier alpha value is -3.04. The number of halogens is 2. The van der Waals surface area contributed by atoms with Crippen LogP contribution in [0.15, 0.2) is 58.7 Å². The van der Waals surface area contributed by atoms with Crippen molar-refractivity contribution in [3.63, 3.8) is 0 Å². The Morgan fingerprint density at radius 1 is 1.23 bits per heavy atom. The largest absolute Gasteiger partial charge is 0.489 e. The molecule has 0 saturated carbocycles. The fraction of sp³-hybridized carbons (Fsp3) is 0.136. The van der Waals surface area contributed by atoms with E-state index in [2.05, 4.69) is 21.2 Å². The zero-order valence-corrected chi connectivity index (χ0v) is 18.8. The number of aromatic nitrogens is 1. The number of benzene rings is 2. The lowest BCUT2D eigenvalue weighted by atomic mass is 10.1. The molecule has 0 atom stereocenters. The lowest BCUT2D eigenvalue weighted by molar-refractivity contribution is -0.128. The van der Waals surface area contributed by atoms with Gasteiger partial charge in [-0.2, -0.15) is 0 Å². The third-order valence-corrected chi connectivity index (χ3v) is 5.77. The number of nitrogens with one attached hydrogen (secondary N) is 1. The molecular formula is C22H17BrFN3O3S. The van der Waals surface area contributed by atoms with Crippen molar-refractivity contribution in [1.29, 1.82) is 0 Å². The number of carbonyl (C=O) groups excluding carboxylic acids is 2. The maximum Gasteiger partial charge on any atom is 0.265 e. The number of nitrogens with zero attached hydrogens (tertiary/aromatic N) is 2. The van der Waals surface area contributed by atoms with Crippen LogP contribution in [0.5, 0.6) is 5.75 Å². The number of ether oxygens (including phenoxy) is 1. The summed E-state index contributed by atoms with van der Waals surface area (Å²) in [4.78, 5) is 26.1. The van der Waals surface area contributed by atoms with Gasteiger partial charge in [-0.15, -0.1) is 0 Å². The summed E-state index contributed by atoms with van der Waals surface area (Å²) in [5.74, 6) is -1.23. The first-order chi connectivity index (χ1) is 14.8. The zero-order valence-electron chi connectivity index (χ0n) is 16.4. The number of thiocarbonyl (C=S) groups is 1. The van der Waals surface area contributed by atoms with E-state index in [0.717, 1.165) is 15.4 Å². The summed E-state index contributed by atoms with van der Waals surface area (Å²) in [5, 5.41) is 3.43. The van der Waals surface area contributed by atoms with Gasteiger partial charge in [-0.25, -0.2) is 4.39 Å². The Morgan fingerprint density at radius 3 is 2.77 bits per heavy atom. The molecule has 31 heavy (non-hydrogen) atoms. The number of fused-ring (bicyclic) bond motifs is 1. The molecule has 0 bridgehead atoms. The molecule has 0 spiro atoms. The maximum absolute atomic E-state index is 13.8. The number of amides is 2. The predicted molar refractivity (Wildman–Crippen MR) is 123 cm³/mol. The molecule has 2 aromatic carbocycles. The minimum Gasteiger partial charge on any atom is -0.489 e. The predicted octanol–water partition coefficient (Wildman–Crippen LogP) is 3.88. The summed E-state index contributed by atoms with van der Waals surface area (Å²) in [6.07, 6.45) is 3.39. The van der Waals surface area contributed by atoms with Gasteiger partial charge >= 0.3 is 0 Å². The van der Waals surface area contributed by atoms with E-state index in [9.17, 15) is 14.0 Å². The number of rotatable bonds is 5. The molecule has 1 aliphatic heterocycles. The summed E-state index contributed by atoms with van der Waals surface area (Å²) in [6, 6.07) is 12.0. The number of para-hydroxylation sites is 1. The average molecular weight is 502 g/mol. The number of hydrogen-bond acceptors (Lipinski definition) is 4. The van der Waals surface area contributed by atoms with E-state index in [0.29, 0.717) is 12.1 Å². The highest BCUT2D eigenvalue weighted by molar-refractivity contribution is 9.10. The van der Waals surface area contributed by atoms with Crippen LogP contribution in [0, 0.1) is 5.82 Å². The lowest BCUT2D eigenvalue weighted by Crippen LogP contribution is -2.52. The van der Waals surface area contributed by atoms with Gasteiger partial charge in [0.15, 0.2) is 16.7 Å². The van der Waals surface area contributed by atoms with Crippen molar-refractivity contribution in [2.75, 3.05) is 13.7 Å². The summed E-state index contributed by atoms with van der Waals surface area (Å²) < 4.78 is 22.2. The van der Waals surface area contributed by atoms with Crippen molar-refractivity contribution in [3.05, 3.63) is 70.1 Å². The number of hydrogen-bond donors (Lipinski definition) is 1. The summed E-state index contributed by atoms with van der Waals surface area (Å²) >= 11 is 8.46. The van der Waals surface area contributed by atoms with Crippen molar-refractivity contribution in [2.24, 2.45) is 0 Å². The third-order valence-electron chi connectivity index (χ3n) is 4.90. The molecule has 158 valence electrons. The molecule has 1 N–H and O–H groups in total. The first-order valence-electron chi connectivity index (χ1n) is 9.36. The van der Waals surface area contributed by atoms with E-state index in [-0.39, 0.29) is 23.0 Å². The van der Waals surface area contributed by atoms with Crippen LogP contribution in [-0.4, -0.2) is 40.0 Å². The van der Waals surface area contributed by atoms with Gasteiger partial charge in [-0.3, -0.25) is 19.8 Å². The molecule has 1 saturated heterocycles. The molecule has 0 radical (unpaired) electrons. The number of likely N-dealkylation sites (N-methyl/N-ethyl adjacent to an activating group) is 1. The second kappa shape index (κ2) is 8.60. The highest BCUT2D eigenvalue weighted by atomic mass is 79.9. The van der Waals surface area contributed by atoms with Gasteiger partial charge in [0.2, 0.25) is 0 Å². The standard InChI is InChI=1S/C22H17BrFN3O3S/c1-26-21(29)16(20(28)25-22(26)31)10-13-12-27(18-7-6-14(23)11-15(13)18)8-9-30-19-5-3-2-4-17(19)24/h2-7,10-12H,8-9H2,1H3,(H,25,28,31)/b16-10-. The third kappa shape index (κ3) is 4.24. The second-order valence-electron chi connectivity index (χ2n) is 6.90. The van der Waals surface area contributed by atoms with Gasteiger partial charge in [0.25, 0.3) is 11.8 Å². The molecule has 9 heteroatoms. The van der Waals surface area contributed by atoms with Gasteiger partial charge in [0.1, 0.15) is 12.2 Å². The first-order valence-corrected chi connectivity index (χ1v) is 10.6. The van der Waals surface area contributed by atoms with Gasteiger partial charge < -0.3 is 9.30 Å².